The van der Waals surface area contributed by atoms with Gasteiger partial charge in [-0.15, -0.1) is 0 Å². The Hall–Kier alpha value is -2.15. The summed E-state index contributed by atoms with van der Waals surface area (Å²) in [7, 11) is 1.64. The molecule has 1 aromatic heterocycles. The van der Waals surface area contributed by atoms with Gasteiger partial charge in [-0.2, -0.15) is 0 Å². The number of ether oxygens (including phenoxy) is 1. The third-order valence-electron chi connectivity index (χ3n) is 2.71. The van der Waals surface area contributed by atoms with Crippen molar-refractivity contribution in [2.75, 3.05) is 38.7 Å². The predicted octanol–water partition coefficient (Wildman–Crippen LogP) is 0.920. The second-order valence-corrected chi connectivity index (χ2v) is 4.64. The van der Waals surface area contributed by atoms with Crippen LogP contribution in [0.2, 0.25) is 0 Å². The summed E-state index contributed by atoms with van der Waals surface area (Å²) in [6, 6.07) is 5.52. The Bertz CT molecular complexity index is 491. The topological polar surface area (TPSA) is 87.6 Å². The van der Waals surface area contributed by atoms with Crippen molar-refractivity contribution in [1.82, 2.24) is 15.6 Å². The van der Waals surface area contributed by atoms with Crippen LogP contribution in [0.4, 0.5) is 5.82 Å². The fourth-order valence-electron chi connectivity index (χ4n) is 1.70. The van der Waals surface area contributed by atoms with Crippen LogP contribution < -0.4 is 16.0 Å². The first-order valence-corrected chi connectivity index (χ1v) is 7.40. The van der Waals surface area contributed by atoms with Crippen molar-refractivity contribution in [2.24, 2.45) is 4.99 Å². The molecule has 7 heteroatoms. The Morgan fingerprint density at radius 1 is 1.36 bits per heavy atom. The van der Waals surface area contributed by atoms with Crippen molar-refractivity contribution in [1.29, 1.82) is 0 Å². The third kappa shape index (κ3) is 7.58. The lowest BCUT2D eigenvalue weighted by Crippen LogP contribution is -2.39. The smallest absolute Gasteiger partial charge is 0.227 e. The molecule has 0 atom stereocenters. The number of nitrogens with zero attached hydrogens (tertiary/aromatic N) is 2. The van der Waals surface area contributed by atoms with E-state index in [1.54, 1.807) is 13.2 Å². The lowest BCUT2D eigenvalue weighted by atomic mass is 10.3. The highest BCUT2D eigenvalue weighted by Gasteiger charge is 2.04. The summed E-state index contributed by atoms with van der Waals surface area (Å²) in [6.07, 6.45) is 0.338. The van der Waals surface area contributed by atoms with Crippen LogP contribution in [0.15, 0.2) is 23.2 Å². The Balaban J connectivity index is 2.34. The fourth-order valence-corrected chi connectivity index (χ4v) is 1.70. The largest absolute Gasteiger partial charge is 0.383 e. The lowest BCUT2D eigenvalue weighted by Gasteiger charge is -2.11. The van der Waals surface area contributed by atoms with E-state index in [0.717, 1.165) is 12.2 Å². The Kier molecular flexibility index (Phi) is 8.59. The second kappa shape index (κ2) is 10.6. The zero-order chi connectivity index (χ0) is 16.2. The lowest BCUT2D eigenvalue weighted by molar-refractivity contribution is -0.116. The molecule has 7 nitrogen and oxygen atoms in total. The van der Waals surface area contributed by atoms with Gasteiger partial charge in [-0.05, 0) is 26.0 Å². The number of guanidine groups is 1. The highest BCUT2D eigenvalue weighted by molar-refractivity contribution is 5.90. The first-order valence-electron chi connectivity index (χ1n) is 7.40. The number of carbonyl (C=O) groups is 1. The molecule has 0 fully saturated rings. The number of anilines is 1. The monoisotopic (exact) mass is 307 g/mol. The van der Waals surface area contributed by atoms with E-state index in [9.17, 15) is 4.79 Å². The first-order chi connectivity index (χ1) is 10.7. The van der Waals surface area contributed by atoms with Crippen molar-refractivity contribution in [3.05, 3.63) is 23.9 Å². The Morgan fingerprint density at radius 3 is 2.86 bits per heavy atom. The minimum absolute atomic E-state index is 0.0849. The van der Waals surface area contributed by atoms with Gasteiger partial charge in [-0.1, -0.05) is 6.07 Å². The van der Waals surface area contributed by atoms with E-state index < -0.39 is 0 Å². The Morgan fingerprint density at radius 2 is 2.18 bits per heavy atom. The van der Waals surface area contributed by atoms with E-state index in [4.69, 9.17) is 4.74 Å². The van der Waals surface area contributed by atoms with Crippen molar-refractivity contribution in [3.8, 4) is 0 Å². The molecule has 22 heavy (non-hydrogen) atoms. The van der Waals surface area contributed by atoms with Gasteiger partial charge in [0.15, 0.2) is 5.96 Å². The van der Waals surface area contributed by atoms with Gasteiger partial charge in [0, 0.05) is 32.3 Å². The van der Waals surface area contributed by atoms with Gasteiger partial charge in [0.25, 0.3) is 0 Å². The van der Waals surface area contributed by atoms with E-state index in [1.165, 1.54) is 0 Å². The highest BCUT2D eigenvalue weighted by atomic mass is 16.5. The SMILES string of the molecule is CCNC(=NCCOC)NCCC(=O)Nc1cccc(C)n1. The van der Waals surface area contributed by atoms with Crippen LogP contribution in [0.25, 0.3) is 0 Å². The number of pyridine rings is 1. The summed E-state index contributed by atoms with van der Waals surface area (Å²) < 4.78 is 4.96. The maximum absolute atomic E-state index is 11.9. The van der Waals surface area contributed by atoms with Crippen molar-refractivity contribution < 1.29 is 9.53 Å². The zero-order valence-electron chi connectivity index (χ0n) is 13.5. The number of aryl methyl sites for hydroxylation is 1. The van der Waals surface area contributed by atoms with Crippen LogP contribution in [0, 0.1) is 6.92 Å². The summed E-state index contributed by atoms with van der Waals surface area (Å²) in [5.41, 5.74) is 0.871. The zero-order valence-corrected chi connectivity index (χ0v) is 13.5. The molecule has 0 saturated carbocycles. The van der Waals surface area contributed by atoms with Crippen LogP contribution in [0.3, 0.4) is 0 Å². The van der Waals surface area contributed by atoms with Gasteiger partial charge in [0.2, 0.25) is 5.91 Å². The summed E-state index contributed by atoms with van der Waals surface area (Å²) >= 11 is 0. The average molecular weight is 307 g/mol. The molecule has 0 spiro atoms. The number of hydrogen-bond donors (Lipinski definition) is 3. The van der Waals surface area contributed by atoms with E-state index in [-0.39, 0.29) is 5.91 Å². The molecule has 0 unspecified atom stereocenters. The molecule has 1 heterocycles. The molecule has 1 aromatic rings. The summed E-state index contributed by atoms with van der Waals surface area (Å²) in [5, 5.41) is 8.99. The molecule has 0 aliphatic rings. The van der Waals surface area contributed by atoms with Crippen LogP contribution in [0.5, 0.6) is 0 Å². The molecular weight excluding hydrogens is 282 g/mol. The molecule has 1 amide bonds. The molecule has 122 valence electrons. The van der Waals surface area contributed by atoms with Crippen molar-refractivity contribution in [2.45, 2.75) is 20.3 Å². The predicted molar refractivity (Wildman–Crippen MR) is 88.1 cm³/mol. The van der Waals surface area contributed by atoms with Crippen LogP contribution in [-0.2, 0) is 9.53 Å². The van der Waals surface area contributed by atoms with Crippen molar-refractivity contribution in [3.63, 3.8) is 0 Å². The maximum atomic E-state index is 11.9. The molecule has 0 radical (unpaired) electrons. The number of aliphatic imine (C=N–C) groups is 1. The van der Waals surface area contributed by atoms with Crippen LogP contribution >= 0.6 is 0 Å². The van der Waals surface area contributed by atoms with Gasteiger partial charge < -0.3 is 20.7 Å². The molecule has 0 bridgehead atoms. The standard InChI is InChI=1S/C15H25N5O2/c1-4-16-15(18-10-11-22-3)17-9-8-14(21)20-13-7-5-6-12(2)19-13/h5-7H,4,8-11H2,1-3H3,(H2,16,17,18)(H,19,20,21). The highest BCUT2D eigenvalue weighted by Crippen LogP contribution is 2.03. The molecule has 0 aliphatic carbocycles. The summed E-state index contributed by atoms with van der Waals surface area (Å²) in [6.45, 7) is 6.27. The minimum Gasteiger partial charge on any atom is -0.383 e. The van der Waals surface area contributed by atoms with E-state index in [2.05, 4.69) is 25.9 Å². The number of nitrogens with one attached hydrogen (secondary N) is 3. The molecular formula is C15H25N5O2. The van der Waals surface area contributed by atoms with Gasteiger partial charge in [-0.3, -0.25) is 9.79 Å². The van der Waals surface area contributed by atoms with Crippen LogP contribution in [-0.4, -0.2) is 50.2 Å². The summed E-state index contributed by atoms with van der Waals surface area (Å²) in [4.78, 5) is 20.4. The number of amides is 1. The molecule has 0 aliphatic heterocycles. The first kappa shape index (κ1) is 17.9. The van der Waals surface area contributed by atoms with Gasteiger partial charge in [0.05, 0.1) is 13.2 Å². The number of hydrogen-bond acceptors (Lipinski definition) is 4. The average Bonchev–Trinajstić information content (AvgIpc) is 2.47. The second-order valence-electron chi connectivity index (χ2n) is 4.64. The maximum Gasteiger partial charge on any atom is 0.227 e. The normalized spacial score (nSPS) is 11.1. The number of carbonyl (C=O) groups excluding carboxylic acids is 1. The van der Waals surface area contributed by atoms with Crippen LogP contribution in [0.1, 0.15) is 19.0 Å². The van der Waals surface area contributed by atoms with Gasteiger partial charge in [-0.25, -0.2) is 4.98 Å². The molecule has 1 rings (SSSR count). The van der Waals surface area contributed by atoms with Crippen molar-refractivity contribution >= 4 is 17.7 Å². The van der Waals surface area contributed by atoms with E-state index >= 15 is 0 Å². The summed E-state index contributed by atoms with van der Waals surface area (Å²) in [5.74, 6) is 1.17. The minimum atomic E-state index is -0.0849. The van der Waals surface area contributed by atoms with E-state index in [0.29, 0.717) is 37.9 Å². The number of rotatable bonds is 8. The molecule has 0 aromatic carbocycles. The Labute approximate surface area is 131 Å². The van der Waals surface area contributed by atoms with Gasteiger partial charge in [0.1, 0.15) is 5.82 Å². The number of aromatic nitrogens is 1. The molecule has 3 N–H and O–H groups in total. The quantitative estimate of drug-likeness (QED) is 0.378. The van der Waals surface area contributed by atoms with E-state index in [1.807, 2.05) is 26.0 Å². The number of methoxy groups -OCH3 is 1. The molecule has 0 saturated heterocycles. The third-order valence-corrected chi connectivity index (χ3v) is 2.71. The fraction of sp³-hybridized carbons (Fsp3) is 0.533. The van der Waals surface area contributed by atoms with Gasteiger partial charge >= 0.3 is 0 Å².